The zero-order valence-electron chi connectivity index (χ0n) is 28.0. The van der Waals surface area contributed by atoms with Gasteiger partial charge in [-0.25, -0.2) is 0 Å². The van der Waals surface area contributed by atoms with Gasteiger partial charge in [-0.15, -0.1) is 0 Å². The van der Waals surface area contributed by atoms with Gasteiger partial charge in [-0.2, -0.15) is 0 Å². The summed E-state index contributed by atoms with van der Waals surface area (Å²) in [5.41, 5.74) is 2.89. The summed E-state index contributed by atoms with van der Waals surface area (Å²) < 4.78 is 61.1. The van der Waals surface area contributed by atoms with Gasteiger partial charge >= 0.3 is 0 Å². The molecule has 2 aliphatic rings. The predicted octanol–water partition coefficient (Wildman–Crippen LogP) is 3.89. The van der Waals surface area contributed by atoms with Gasteiger partial charge in [0.2, 0.25) is 0 Å². The zero-order chi connectivity index (χ0) is 33.7. The van der Waals surface area contributed by atoms with Crippen molar-refractivity contribution >= 4 is 0 Å². The fraction of sp³-hybridized carbons (Fsp3) is 0.514. The van der Waals surface area contributed by atoms with E-state index in [1.807, 2.05) is 91.0 Å². The molecule has 48 heavy (non-hydrogen) atoms. The van der Waals surface area contributed by atoms with E-state index >= 15 is 0 Å². The minimum absolute atomic E-state index is 0.0224. The van der Waals surface area contributed by atoms with Crippen LogP contribution in [0.25, 0.3) is 0 Å². The number of hydrogen-bond donors (Lipinski definition) is 1. The van der Waals surface area contributed by atoms with Crippen molar-refractivity contribution in [2.24, 2.45) is 0 Å². The van der Waals surface area contributed by atoms with Gasteiger partial charge in [0.25, 0.3) is 0 Å². The van der Waals surface area contributed by atoms with Crippen LogP contribution in [0.2, 0.25) is 0 Å². The summed E-state index contributed by atoms with van der Waals surface area (Å²) in [7, 11) is 6.34. The Morgan fingerprint density at radius 2 is 0.938 bits per heavy atom. The van der Waals surface area contributed by atoms with Gasteiger partial charge in [0.05, 0.1) is 33.0 Å². The Morgan fingerprint density at radius 3 is 1.42 bits per heavy atom. The molecule has 5 rings (SSSR count). The number of hydrogen-bond acceptors (Lipinski definition) is 11. The lowest BCUT2D eigenvalue weighted by Gasteiger charge is -2.46. The largest absolute Gasteiger partial charge is 0.382 e. The molecule has 2 aliphatic heterocycles. The van der Waals surface area contributed by atoms with Crippen LogP contribution in [0.5, 0.6) is 0 Å². The molecule has 0 bridgehead atoms. The van der Waals surface area contributed by atoms with Crippen molar-refractivity contribution in [3.63, 3.8) is 0 Å². The third kappa shape index (κ3) is 9.46. The minimum Gasteiger partial charge on any atom is -0.382 e. The van der Waals surface area contributed by atoms with Crippen molar-refractivity contribution in [3.8, 4) is 0 Å². The first kappa shape index (κ1) is 36.5. The van der Waals surface area contributed by atoms with E-state index in [0.29, 0.717) is 0 Å². The van der Waals surface area contributed by atoms with Gasteiger partial charge in [-0.3, -0.25) is 0 Å². The quantitative estimate of drug-likeness (QED) is 0.226. The highest BCUT2D eigenvalue weighted by Gasteiger charge is 2.51. The van der Waals surface area contributed by atoms with Crippen LogP contribution in [-0.4, -0.2) is 108 Å². The molecule has 3 aromatic carbocycles. The Labute approximate surface area is 282 Å². The first-order valence-electron chi connectivity index (χ1n) is 16.2. The molecule has 1 N–H and O–H groups in total. The second-order valence-corrected chi connectivity index (χ2v) is 11.8. The van der Waals surface area contributed by atoms with E-state index in [1.165, 1.54) is 0 Å². The van der Waals surface area contributed by atoms with E-state index in [-0.39, 0.29) is 33.0 Å². The molecule has 3 aromatic rings. The van der Waals surface area contributed by atoms with E-state index in [1.54, 1.807) is 28.4 Å². The van der Waals surface area contributed by atoms with Crippen molar-refractivity contribution in [3.05, 3.63) is 108 Å². The lowest BCUT2D eigenvalue weighted by Crippen LogP contribution is -2.63. The number of methoxy groups -OCH3 is 4. The van der Waals surface area contributed by atoms with E-state index < -0.39 is 61.4 Å². The van der Waals surface area contributed by atoms with E-state index in [0.717, 1.165) is 16.7 Å². The van der Waals surface area contributed by atoms with Crippen molar-refractivity contribution in [2.45, 2.75) is 81.2 Å². The van der Waals surface area contributed by atoms with Crippen molar-refractivity contribution in [2.75, 3.05) is 41.7 Å². The molecule has 2 heterocycles. The van der Waals surface area contributed by atoms with Crippen LogP contribution >= 0.6 is 0 Å². The van der Waals surface area contributed by atoms with Gasteiger partial charge in [-0.05, 0) is 16.7 Å². The topological polar surface area (TPSA) is 113 Å². The van der Waals surface area contributed by atoms with Crippen LogP contribution < -0.4 is 0 Å². The van der Waals surface area contributed by atoms with Crippen LogP contribution in [-0.2, 0) is 67.2 Å². The smallest absolute Gasteiger partial charge is 0.187 e. The summed E-state index contributed by atoms with van der Waals surface area (Å²) in [4.78, 5) is 0. The van der Waals surface area contributed by atoms with Crippen LogP contribution in [0.4, 0.5) is 0 Å². The molecule has 11 heteroatoms. The van der Waals surface area contributed by atoms with Gasteiger partial charge < -0.3 is 52.5 Å². The zero-order valence-corrected chi connectivity index (χ0v) is 28.0. The third-order valence-corrected chi connectivity index (χ3v) is 8.63. The second kappa shape index (κ2) is 18.8. The molecule has 2 fully saturated rings. The van der Waals surface area contributed by atoms with Gasteiger partial charge in [0.15, 0.2) is 12.6 Å². The highest BCUT2D eigenvalue weighted by molar-refractivity contribution is 5.15. The van der Waals surface area contributed by atoms with Crippen LogP contribution in [0.3, 0.4) is 0 Å². The Kier molecular flexibility index (Phi) is 14.3. The molecule has 0 aromatic heterocycles. The summed E-state index contributed by atoms with van der Waals surface area (Å²) in [6.07, 6.45) is -7.34. The molecule has 0 aliphatic carbocycles. The number of aliphatic hydroxyl groups is 1. The third-order valence-electron chi connectivity index (χ3n) is 8.63. The molecule has 262 valence electrons. The highest BCUT2D eigenvalue weighted by Crippen LogP contribution is 2.32. The fourth-order valence-corrected chi connectivity index (χ4v) is 6.20. The summed E-state index contributed by atoms with van der Waals surface area (Å²) >= 11 is 0. The second-order valence-electron chi connectivity index (χ2n) is 11.8. The lowest BCUT2D eigenvalue weighted by atomic mass is 9.97. The molecule has 0 amide bonds. The molecule has 10 atom stereocenters. The Hall–Kier alpha value is -2.78. The Morgan fingerprint density at radius 1 is 0.479 bits per heavy atom. The summed E-state index contributed by atoms with van der Waals surface area (Å²) in [6.45, 7) is 1.02. The molecular formula is C37H48O11. The van der Waals surface area contributed by atoms with Gasteiger partial charge in [0.1, 0.15) is 48.8 Å². The van der Waals surface area contributed by atoms with Crippen molar-refractivity contribution in [1.29, 1.82) is 0 Å². The minimum atomic E-state index is -1.34. The maximum Gasteiger partial charge on any atom is 0.187 e. The maximum absolute atomic E-state index is 11.4. The molecular weight excluding hydrogens is 620 g/mol. The van der Waals surface area contributed by atoms with E-state index in [2.05, 4.69) is 0 Å². The first-order valence-corrected chi connectivity index (χ1v) is 16.2. The number of rotatable bonds is 17. The number of ether oxygens (including phenoxy) is 10. The van der Waals surface area contributed by atoms with E-state index in [9.17, 15) is 5.11 Å². The Bertz CT molecular complexity index is 1300. The summed E-state index contributed by atoms with van der Waals surface area (Å²) in [6, 6.07) is 29.4. The van der Waals surface area contributed by atoms with Crippen LogP contribution in [0.15, 0.2) is 91.0 Å². The monoisotopic (exact) mass is 668 g/mol. The molecule has 0 radical (unpaired) electrons. The number of aliphatic hydroxyl groups excluding tert-OH is 1. The maximum atomic E-state index is 11.4. The van der Waals surface area contributed by atoms with Gasteiger partial charge in [-0.1, -0.05) is 91.0 Å². The molecule has 0 saturated carbocycles. The Balaban J connectivity index is 1.40. The normalized spacial score (nSPS) is 30.7. The highest BCUT2D eigenvalue weighted by atomic mass is 16.7. The lowest BCUT2D eigenvalue weighted by molar-refractivity contribution is -0.342. The molecule has 11 nitrogen and oxygen atoms in total. The molecule has 0 unspecified atom stereocenters. The standard InChI is InChI=1S/C37H48O11/c1-39-23-28-30(40-2)32(41-3)35(42-4)37(48-28)46-24-29-31(43-20-25-14-8-5-9-15-25)33(44-21-26-16-10-6-11-17-26)34(36(38)47-29)45-22-27-18-12-7-13-19-27/h5-19,28-38H,20-24H2,1-4H3/t28-,29-,30-,31-,32+,33+,34-,35-,36+,37-/m1/s1. The summed E-state index contributed by atoms with van der Waals surface area (Å²) in [5.74, 6) is 0. The average molecular weight is 669 g/mol. The van der Waals surface area contributed by atoms with Crippen molar-refractivity contribution < 1.29 is 52.5 Å². The van der Waals surface area contributed by atoms with Gasteiger partial charge in [0, 0.05) is 28.4 Å². The fourth-order valence-electron chi connectivity index (χ4n) is 6.20. The van der Waals surface area contributed by atoms with Crippen LogP contribution in [0, 0.1) is 0 Å². The predicted molar refractivity (Wildman–Crippen MR) is 175 cm³/mol. The molecule has 2 saturated heterocycles. The first-order chi connectivity index (χ1) is 23.6. The summed E-state index contributed by atoms with van der Waals surface area (Å²) in [5, 5.41) is 11.4. The number of benzene rings is 3. The average Bonchev–Trinajstić information content (AvgIpc) is 3.13. The van der Waals surface area contributed by atoms with E-state index in [4.69, 9.17) is 47.4 Å². The SMILES string of the molecule is COC[C@H]1O[C@@H](OC[C@H]2O[C@H](O)[C@H](OCc3ccccc3)[C@@H](OCc3ccccc3)[C@@H]2OCc2ccccc2)[C@H](OC)[C@@H](OC)[C@@H]1OC. The van der Waals surface area contributed by atoms with Crippen molar-refractivity contribution in [1.82, 2.24) is 0 Å². The van der Waals surface area contributed by atoms with Crippen LogP contribution in [0.1, 0.15) is 16.7 Å². The molecule has 0 spiro atoms.